The zero-order chi connectivity index (χ0) is 14.0. The normalized spacial score (nSPS) is 22.4. The largest absolute Gasteiger partial charge is 0.333 e. The van der Waals surface area contributed by atoms with Crippen LogP contribution >= 0.6 is 15.9 Å². The lowest BCUT2D eigenvalue weighted by Crippen LogP contribution is -2.38. The Morgan fingerprint density at radius 3 is 2.89 bits per heavy atom. The van der Waals surface area contributed by atoms with E-state index in [9.17, 15) is 9.59 Å². The predicted octanol–water partition coefficient (Wildman–Crippen LogP) is 2.56. The van der Waals surface area contributed by atoms with Crippen LogP contribution in [0.5, 0.6) is 0 Å². The minimum atomic E-state index is -0.351. The van der Waals surface area contributed by atoms with Crippen molar-refractivity contribution in [3.63, 3.8) is 0 Å². The highest BCUT2D eigenvalue weighted by Crippen LogP contribution is 2.24. The number of halogens is 1. The Balaban J connectivity index is 2.10. The zero-order valence-electron chi connectivity index (χ0n) is 11.0. The van der Waals surface area contributed by atoms with E-state index in [1.54, 1.807) is 4.90 Å². The van der Waals surface area contributed by atoms with E-state index in [0.29, 0.717) is 12.5 Å². The molecule has 1 saturated heterocycles. The van der Waals surface area contributed by atoms with Crippen molar-refractivity contribution in [1.29, 1.82) is 0 Å². The first-order valence-corrected chi connectivity index (χ1v) is 7.08. The number of hydrogen-bond acceptors (Lipinski definition) is 2. The van der Waals surface area contributed by atoms with Gasteiger partial charge in [-0.3, -0.25) is 9.59 Å². The monoisotopic (exact) mass is 324 g/mol. The van der Waals surface area contributed by atoms with Crippen molar-refractivity contribution in [2.24, 2.45) is 5.92 Å². The Hall–Kier alpha value is -1.36. The fourth-order valence-corrected chi connectivity index (χ4v) is 2.91. The third-order valence-electron chi connectivity index (χ3n) is 3.43. The third-order valence-corrected chi connectivity index (χ3v) is 3.93. The highest BCUT2D eigenvalue weighted by Gasteiger charge is 2.33. The summed E-state index contributed by atoms with van der Waals surface area (Å²) in [6, 6.07) is 5.35. The summed E-state index contributed by atoms with van der Waals surface area (Å²) in [6.45, 7) is 4.64. The molecule has 2 atom stereocenters. The number of rotatable bonds is 3. The maximum Gasteiger partial charge on any atom is 0.247 e. The number of aryl methyl sites for hydroxylation is 1. The second-order valence-corrected chi connectivity index (χ2v) is 6.02. The first-order valence-electron chi connectivity index (χ1n) is 6.29. The highest BCUT2D eigenvalue weighted by molar-refractivity contribution is 9.10. The van der Waals surface area contributed by atoms with Crippen LogP contribution in [0.15, 0.2) is 22.7 Å². The molecule has 0 saturated carbocycles. The fraction of sp³-hybridized carbons (Fsp3) is 0.429. The van der Waals surface area contributed by atoms with Gasteiger partial charge in [0, 0.05) is 16.7 Å². The van der Waals surface area contributed by atoms with Crippen LogP contribution in [-0.4, -0.2) is 29.8 Å². The summed E-state index contributed by atoms with van der Waals surface area (Å²) in [5.41, 5.74) is 1.78. The molecule has 1 fully saturated rings. The van der Waals surface area contributed by atoms with Gasteiger partial charge in [-0.1, -0.05) is 22.9 Å². The van der Waals surface area contributed by atoms with Crippen molar-refractivity contribution in [3.8, 4) is 0 Å². The van der Waals surface area contributed by atoms with Gasteiger partial charge in [0.2, 0.25) is 12.3 Å². The zero-order valence-corrected chi connectivity index (χ0v) is 12.6. The first kappa shape index (κ1) is 14.1. The van der Waals surface area contributed by atoms with Gasteiger partial charge in [-0.25, -0.2) is 0 Å². The lowest BCUT2D eigenvalue weighted by molar-refractivity contribution is -0.127. The van der Waals surface area contributed by atoms with E-state index in [2.05, 4.69) is 28.2 Å². The topological polar surface area (TPSA) is 49.4 Å². The molecule has 19 heavy (non-hydrogen) atoms. The van der Waals surface area contributed by atoms with Gasteiger partial charge in [0.15, 0.2) is 0 Å². The van der Waals surface area contributed by atoms with Gasteiger partial charge in [0.25, 0.3) is 0 Å². The number of likely N-dealkylation sites (tertiary alicyclic amines) is 1. The second kappa shape index (κ2) is 5.74. The van der Waals surface area contributed by atoms with Crippen molar-refractivity contribution >= 4 is 33.9 Å². The highest BCUT2D eigenvalue weighted by atomic mass is 79.9. The maximum atomic E-state index is 12.2. The molecule has 0 radical (unpaired) electrons. The molecule has 0 aromatic heterocycles. The summed E-state index contributed by atoms with van der Waals surface area (Å²) >= 11 is 3.39. The minimum absolute atomic E-state index is 0.109. The van der Waals surface area contributed by atoms with Gasteiger partial charge >= 0.3 is 0 Å². The summed E-state index contributed by atoms with van der Waals surface area (Å²) in [7, 11) is 0. The van der Waals surface area contributed by atoms with Gasteiger partial charge in [-0.15, -0.1) is 0 Å². The summed E-state index contributed by atoms with van der Waals surface area (Å²) < 4.78 is 0.979. The van der Waals surface area contributed by atoms with Gasteiger partial charge in [0.1, 0.15) is 6.04 Å². The molecule has 1 N–H and O–H groups in total. The average Bonchev–Trinajstić information content (AvgIpc) is 2.74. The number of nitrogens with zero attached hydrogens (tertiary/aromatic N) is 1. The molecule has 4 nitrogen and oxygen atoms in total. The Kier molecular flexibility index (Phi) is 4.24. The molecule has 1 aliphatic rings. The number of anilines is 1. The number of nitrogens with one attached hydrogen (secondary N) is 1. The molecule has 2 unspecified atom stereocenters. The Bertz CT molecular complexity index is 504. The van der Waals surface area contributed by atoms with Crippen LogP contribution in [0.3, 0.4) is 0 Å². The van der Waals surface area contributed by atoms with Crippen molar-refractivity contribution in [1.82, 2.24) is 4.90 Å². The molecular formula is C14H17BrN2O2. The molecule has 2 amide bonds. The summed E-state index contributed by atoms with van der Waals surface area (Å²) in [6.07, 6.45) is 1.49. The second-order valence-electron chi connectivity index (χ2n) is 5.11. The molecular weight excluding hydrogens is 308 g/mol. The van der Waals surface area contributed by atoms with Crippen LogP contribution in [0.2, 0.25) is 0 Å². The lowest BCUT2D eigenvalue weighted by Gasteiger charge is -2.19. The van der Waals surface area contributed by atoms with Gasteiger partial charge < -0.3 is 10.2 Å². The van der Waals surface area contributed by atoms with Crippen molar-refractivity contribution in [2.45, 2.75) is 26.3 Å². The average molecular weight is 325 g/mol. The fourth-order valence-electron chi connectivity index (χ4n) is 2.44. The number of amides is 2. The molecule has 0 spiro atoms. The number of carbonyl (C=O) groups excluding carboxylic acids is 2. The van der Waals surface area contributed by atoms with Gasteiger partial charge in [0.05, 0.1) is 0 Å². The molecule has 102 valence electrons. The van der Waals surface area contributed by atoms with E-state index < -0.39 is 0 Å². The predicted molar refractivity (Wildman–Crippen MR) is 77.8 cm³/mol. The van der Waals surface area contributed by atoms with Crippen LogP contribution in [0.4, 0.5) is 5.69 Å². The Morgan fingerprint density at radius 1 is 1.53 bits per heavy atom. The van der Waals surface area contributed by atoms with E-state index >= 15 is 0 Å². The van der Waals surface area contributed by atoms with Crippen molar-refractivity contribution < 1.29 is 9.59 Å². The van der Waals surface area contributed by atoms with E-state index in [0.717, 1.165) is 28.6 Å². The molecule has 5 heteroatoms. The summed E-state index contributed by atoms with van der Waals surface area (Å²) in [5, 5.41) is 2.90. The lowest BCUT2D eigenvalue weighted by atomic mass is 10.1. The summed E-state index contributed by atoms with van der Waals surface area (Å²) in [5.74, 6) is 0.258. The molecule has 0 bridgehead atoms. The van der Waals surface area contributed by atoms with Crippen molar-refractivity contribution in [2.75, 3.05) is 11.9 Å². The standard InChI is InChI=1S/C14H17BrN2O2/c1-9-5-13(17(7-9)8-18)14(19)16-12-4-3-11(15)6-10(12)2/h3-4,6,8-9,13H,5,7H2,1-2H3,(H,16,19). The molecule has 1 aromatic rings. The van der Waals surface area contributed by atoms with E-state index in [-0.39, 0.29) is 11.9 Å². The Labute approximate surface area is 121 Å². The minimum Gasteiger partial charge on any atom is -0.333 e. The first-order chi connectivity index (χ1) is 9.01. The molecule has 1 aromatic carbocycles. The number of carbonyl (C=O) groups is 2. The molecule has 2 rings (SSSR count). The van der Waals surface area contributed by atoms with Crippen LogP contribution in [0.25, 0.3) is 0 Å². The van der Waals surface area contributed by atoms with Gasteiger partial charge in [-0.05, 0) is 43.0 Å². The van der Waals surface area contributed by atoms with Crippen LogP contribution in [0, 0.1) is 12.8 Å². The molecule has 1 aliphatic heterocycles. The maximum absolute atomic E-state index is 12.2. The Morgan fingerprint density at radius 2 is 2.26 bits per heavy atom. The van der Waals surface area contributed by atoms with E-state index in [1.165, 1.54) is 0 Å². The third kappa shape index (κ3) is 3.15. The van der Waals surface area contributed by atoms with E-state index in [1.807, 2.05) is 25.1 Å². The van der Waals surface area contributed by atoms with Gasteiger partial charge in [-0.2, -0.15) is 0 Å². The van der Waals surface area contributed by atoms with Crippen LogP contribution in [-0.2, 0) is 9.59 Å². The summed E-state index contributed by atoms with van der Waals surface area (Å²) in [4.78, 5) is 24.8. The molecule has 0 aliphatic carbocycles. The molecule has 1 heterocycles. The number of hydrogen-bond donors (Lipinski definition) is 1. The van der Waals surface area contributed by atoms with Crippen LogP contribution in [0.1, 0.15) is 18.9 Å². The SMILES string of the molecule is Cc1cc(Br)ccc1NC(=O)C1CC(C)CN1C=O. The number of benzene rings is 1. The van der Waals surface area contributed by atoms with E-state index in [4.69, 9.17) is 0 Å². The smallest absolute Gasteiger partial charge is 0.247 e. The van der Waals surface area contributed by atoms with Crippen molar-refractivity contribution in [3.05, 3.63) is 28.2 Å². The van der Waals surface area contributed by atoms with Crippen LogP contribution < -0.4 is 5.32 Å². The quantitative estimate of drug-likeness (QED) is 0.869.